The molecule has 1 N–H and O–H groups in total. The number of rotatable bonds is 6. The smallest absolute Gasteiger partial charge is 0.266 e. The van der Waals surface area contributed by atoms with Crippen LogP contribution in [-0.2, 0) is 4.79 Å². The van der Waals surface area contributed by atoms with Crippen LogP contribution < -0.4 is 10.9 Å². The van der Waals surface area contributed by atoms with Crippen molar-refractivity contribution >= 4 is 28.6 Å². The first-order valence-electron chi connectivity index (χ1n) is 8.74. The molecule has 3 rings (SSSR count). The van der Waals surface area contributed by atoms with Gasteiger partial charge in [-0.05, 0) is 37.6 Å². The zero-order valence-corrected chi connectivity index (χ0v) is 15.9. The molecule has 2 aromatic carbocycles. The van der Waals surface area contributed by atoms with Gasteiger partial charge in [0.25, 0.3) is 5.56 Å². The predicted octanol–water partition coefficient (Wildman–Crippen LogP) is 3.53. The summed E-state index contributed by atoms with van der Waals surface area (Å²) in [4.78, 5) is 29.9. The van der Waals surface area contributed by atoms with Crippen LogP contribution in [0.2, 0.25) is 0 Å². The highest BCUT2D eigenvalue weighted by atomic mass is 32.2. The van der Waals surface area contributed by atoms with Gasteiger partial charge < -0.3 is 5.32 Å². The second-order valence-corrected chi connectivity index (χ2v) is 7.36. The molecule has 0 fully saturated rings. The summed E-state index contributed by atoms with van der Waals surface area (Å²) < 4.78 is 15.7. The van der Waals surface area contributed by atoms with E-state index in [-0.39, 0.29) is 22.3 Å². The van der Waals surface area contributed by atoms with E-state index in [1.807, 2.05) is 6.92 Å². The number of benzene rings is 2. The summed E-state index contributed by atoms with van der Waals surface area (Å²) in [5, 5.41) is 3.02. The Morgan fingerprint density at radius 3 is 2.67 bits per heavy atom. The van der Waals surface area contributed by atoms with Gasteiger partial charge in [0.15, 0.2) is 5.16 Å². The normalized spacial score (nSPS) is 12.1. The second kappa shape index (κ2) is 8.35. The first kappa shape index (κ1) is 19.1. The third-order valence-corrected chi connectivity index (χ3v) is 5.09. The molecule has 5 nitrogen and oxygen atoms in total. The van der Waals surface area contributed by atoms with E-state index in [0.717, 1.165) is 18.2 Å². The van der Waals surface area contributed by atoms with Gasteiger partial charge in [-0.15, -0.1) is 0 Å². The number of amides is 1. The average Bonchev–Trinajstić information content (AvgIpc) is 2.67. The van der Waals surface area contributed by atoms with E-state index in [2.05, 4.69) is 10.3 Å². The van der Waals surface area contributed by atoms with Crippen LogP contribution in [0.25, 0.3) is 16.6 Å². The van der Waals surface area contributed by atoms with Crippen molar-refractivity contribution < 1.29 is 9.18 Å². The van der Waals surface area contributed by atoms with E-state index in [1.54, 1.807) is 43.3 Å². The highest BCUT2D eigenvalue weighted by Gasteiger charge is 2.21. The third kappa shape index (κ3) is 4.03. The number of hydrogen-bond donors (Lipinski definition) is 1. The number of nitrogens with zero attached hydrogens (tertiary/aromatic N) is 2. The van der Waals surface area contributed by atoms with Gasteiger partial charge in [0.05, 0.1) is 21.8 Å². The lowest BCUT2D eigenvalue weighted by atomic mass is 10.2. The van der Waals surface area contributed by atoms with E-state index < -0.39 is 11.1 Å². The van der Waals surface area contributed by atoms with Crippen LogP contribution in [0.3, 0.4) is 0 Å². The SMILES string of the molecule is CCCNC(=O)C(C)Sc1nc2ccccc2c(=O)n1-c1ccccc1F. The molecule has 3 aromatic rings. The molecule has 1 amide bonds. The Morgan fingerprint density at radius 2 is 1.93 bits per heavy atom. The highest BCUT2D eigenvalue weighted by Crippen LogP contribution is 2.26. The molecule has 0 saturated heterocycles. The third-order valence-electron chi connectivity index (χ3n) is 4.04. The zero-order chi connectivity index (χ0) is 19.4. The van der Waals surface area contributed by atoms with E-state index in [1.165, 1.54) is 16.7 Å². The number of halogens is 1. The van der Waals surface area contributed by atoms with Crippen LogP contribution in [0.5, 0.6) is 0 Å². The fraction of sp³-hybridized carbons (Fsp3) is 0.250. The maximum atomic E-state index is 14.4. The summed E-state index contributed by atoms with van der Waals surface area (Å²) in [6.45, 7) is 4.29. The number of carbonyl (C=O) groups excluding carboxylic acids is 1. The first-order chi connectivity index (χ1) is 13.0. The Labute approximate surface area is 160 Å². The van der Waals surface area contributed by atoms with Crippen molar-refractivity contribution in [2.24, 2.45) is 0 Å². The standard InChI is InChI=1S/C20H20FN3O2S/c1-3-12-22-18(25)13(2)27-20-23-16-10-6-4-8-14(16)19(26)24(20)17-11-7-5-9-15(17)21/h4-11,13H,3,12H2,1-2H3,(H,22,25). The van der Waals surface area contributed by atoms with E-state index in [4.69, 9.17) is 0 Å². The average molecular weight is 385 g/mol. The number of carbonyl (C=O) groups is 1. The Balaban J connectivity index is 2.13. The van der Waals surface area contributed by atoms with Crippen molar-refractivity contribution in [2.75, 3.05) is 6.54 Å². The van der Waals surface area contributed by atoms with Crippen LogP contribution in [-0.4, -0.2) is 27.3 Å². The summed E-state index contributed by atoms with van der Waals surface area (Å²) >= 11 is 1.13. The predicted molar refractivity (Wildman–Crippen MR) is 106 cm³/mol. The van der Waals surface area contributed by atoms with Gasteiger partial charge in [0.2, 0.25) is 5.91 Å². The fourth-order valence-corrected chi connectivity index (χ4v) is 3.58. The maximum absolute atomic E-state index is 14.4. The molecule has 0 spiro atoms. The molecule has 0 aliphatic heterocycles. The number of aromatic nitrogens is 2. The van der Waals surface area contributed by atoms with E-state index >= 15 is 0 Å². The van der Waals surface area contributed by atoms with Crippen molar-refractivity contribution in [3.63, 3.8) is 0 Å². The molecule has 1 atom stereocenters. The van der Waals surface area contributed by atoms with Gasteiger partial charge in [-0.2, -0.15) is 0 Å². The Kier molecular flexibility index (Phi) is 5.91. The molecular formula is C20H20FN3O2S. The number of nitrogens with one attached hydrogen (secondary N) is 1. The van der Waals surface area contributed by atoms with Crippen molar-refractivity contribution in [3.8, 4) is 5.69 Å². The van der Waals surface area contributed by atoms with Crippen molar-refractivity contribution in [1.82, 2.24) is 14.9 Å². The quantitative estimate of drug-likeness (QED) is 0.521. The van der Waals surface area contributed by atoms with Crippen LogP contribution in [0.1, 0.15) is 20.3 Å². The Morgan fingerprint density at radius 1 is 1.22 bits per heavy atom. The largest absolute Gasteiger partial charge is 0.355 e. The summed E-state index contributed by atoms with van der Waals surface area (Å²) in [7, 11) is 0. The number of fused-ring (bicyclic) bond motifs is 1. The van der Waals surface area contributed by atoms with E-state index in [0.29, 0.717) is 17.4 Å². The molecule has 0 aliphatic carbocycles. The molecule has 1 heterocycles. The molecule has 1 aromatic heterocycles. The highest BCUT2D eigenvalue weighted by molar-refractivity contribution is 8.00. The molecule has 1 unspecified atom stereocenters. The Bertz CT molecular complexity index is 1040. The summed E-state index contributed by atoms with van der Waals surface area (Å²) in [5.41, 5.74) is 0.262. The summed E-state index contributed by atoms with van der Waals surface area (Å²) in [6, 6.07) is 13.0. The van der Waals surface area contributed by atoms with Crippen molar-refractivity contribution in [2.45, 2.75) is 30.7 Å². The minimum atomic E-state index is -0.526. The van der Waals surface area contributed by atoms with Crippen molar-refractivity contribution in [1.29, 1.82) is 0 Å². The lowest BCUT2D eigenvalue weighted by molar-refractivity contribution is -0.120. The number of para-hydroxylation sites is 2. The van der Waals surface area contributed by atoms with Gasteiger partial charge in [0.1, 0.15) is 5.82 Å². The topological polar surface area (TPSA) is 64.0 Å². The summed E-state index contributed by atoms with van der Waals surface area (Å²) in [6.07, 6.45) is 0.831. The minimum absolute atomic E-state index is 0.115. The Hall–Kier alpha value is -2.67. The zero-order valence-electron chi connectivity index (χ0n) is 15.1. The van der Waals surface area contributed by atoms with Gasteiger partial charge in [0, 0.05) is 6.54 Å². The van der Waals surface area contributed by atoms with Crippen LogP contribution in [0, 0.1) is 5.82 Å². The number of thioether (sulfide) groups is 1. The van der Waals surface area contributed by atoms with Crippen LogP contribution in [0.15, 0.2) is 58.5 Å². The monoisotopic (exact) mass is 385 g/mol. The van der Waals surface area contributed by atoms with Gasteiger partial charge in [-0.25, -0.2) is 9.37 Å². The van der Waals surface area contributed by atoms with Crippen molar-refractivity contribution in [3.05, 3.63) is 64.7 Å². The molecule has 27 heavy (non-hydrogen) atoms. The lowest BCUT2D eigenvalue weighted by Crippen LogP contribution is -2.32. The van der Waals surface area contributed by atoms with Crippen LogP contribution >= 0.6 is 11.8 Å². The van der Waals surface area contributed by atoms with Gasteiger partial charge in [-0.3, -0.25) is 14.2 Å². The number of hydrogen-bond acceptors (Lipinski definition) is 4. The lowest BCUT2D eigenvalue weighted by Gasteiger charge is -2.16. The minimum Gasteiger partial charge on any atom is -0.355 e. The maximum Gasteiger partial charge on any atom is 0.266 e. The van der Waals surface area contributed by atoms with E-state index in [9.17, 15) is 14.0 Å². The molecule has 0 radical (unpaired) electrons. The molecule has 0 bridgehead atoms. The first-order valence-corrected chi connectivity index (χ1v) is 9.62. The molecular weight excluding hydrogens is 365 g/mol. The molecule has 0 aliphatic rings. The molecule has 7 heteroatoms. The van der Waals surface area contributed by atoms with Gasteiger partial charge >= 0.3 is 0 Å². The summed E-state index contributed by atoms with van der Waals surface area (Å²) in [5.74, 6) is -0.675. The van der Waals surface area contributed by atoms with Gasteiger partial charge in [-0.1, -0.05) is 43.0 Å². The second-order valence-electron chi connectivity index (χ2n) is 6.05. The molecule has 0 saturated carbocycles. The van der Waals surface area contributed by atoms with Crippen LogP contribution in [0.4, 0.5) is 4.39 Å². The fourth-order valence-electron chi connectivity index (χ4n) is 2.64. The molecule has 140 valence electrons.